The zero-order valence-electron chi connectivity index (χ0n) is 12.8. The van der Waals surface area contributed by atoms with Gasteiger partial charge in [0.25, 0.3) is 0 Å². The zero-order chi connectivity index (χ0) is 16.4. The largest absolute Gasteiger partial charge is 0.493 e. The lowest BCUT2D eigenvalue weighted by Crippen LogP contribution is -2.45. The van der Waals surface area contributed by atoms with E-state index >= 15 is 0 Å². The van der Waals surface area contributed by atoms with Crippen LogP contribution < -0.4 is 19.7 Å². The maximum absolute atomic E-state index is 12.6. The van der Waals surface area contributed by atoms with Gasteiger partial charge in [0.1, 0.15) is 0 Å². The lowest BCUT2D eigenvalue weighted by molar-refractivity contribution is 0.102. The van der Waals surface area contributed by atoms with Crippen molar-refractivity contribution in [1.82, 2.24) is 5.32 Å². The third kappa shape index (κ3) is 2.34. The molecule has 7 nitrogen and oxygen atoms in total. The molecule has 0 radical (unpaired) electrons. The Morgan fingerprint density at radius 3 is 2.41 bits per heavy atom. The first kappa shape index (κ1) is 15.7. The van der Waals surface area contributed by atoms with Gasteiger partial charge in [0.05, 0.1) is 31.5 Å². The quantitative estimate of drug-likeness (QED) is 0.829. The van der Waals surface area contributed by atoms with E-state index in [0.29, 0.717) is 17.1 Å². The number of rotatable bonds is 3. The van der Waals surface area contributed by atoms with Crippen molar-refractivity contribution in [2.75, 3.05) is 26.2 Å². The Morgan fingerprint density at radius 1 is 1.32 bits per heavy atom. The normalized spacial score (nSPS) is 18.9. The molecule has 0 aliphatic carbocycles. The van der Waals surface area contributed by atoms with E-state index in [0.717, 1.165) is 4.90 Å². The van der Waals surface area contributed by atoms with Crippen molar-refractivity contribution in [3.63, 3.8) is 0 Å². The summed E-state index contributed by atoms with van der Waals surface area (Å²) in [4.78, 5) is 25.4. The Bertz CT molecular complexity index is 654. The van der Waals surface area contributed by atoms with E-state index in [1.165, 1.54) is 32.6 Å². The average Bonchev–Trinajstić information content (AvgIpc) is 2.50. The molecule has 1 aromatic carbocycles. The van der Waals surface area contributed by atoms with Crippen molar-refractivity contribution in [2.45, 2.75) is 13.0 Å². The van der Waals surface area contributed by atoms with E-state index in [1.807, 2.05) is 0 Å². The van der Waals surface area contributed by atoms with E-state index in [4.69, 9.17) is 9.47 Å². The highest BCUT2D eigenvalue weighted by Crippen LogP contribution is 2.40. The summed E-state index contributed by atoms with van der Waals surface area (Å²) in [5.41, 5.74) is 0.917. The molecule has 118 valence electrons. The Hall–Kier alpha value is -2.70. The zero-order valence-corrected chi connectivity index (χ0v) is 12.8. The number of amides is 1. The molecule has 1 heterocycles. The lowest BCUT2D eigenvalue weighted by Gasteiger charge is -2.34. The number of nitrogens with one attached hydrogen (secondary N) is 1. The Kier molecular flexibility index (Phi) is 4.25. The van der Waals surface area contributed by atoms with Crippen molar-refractivity contribution in [1.29, 1.82) is 0 Å². The van der Waals surface area contributed by atoms with Gasteiger partial charge in [-0.1, -0.05) is 0 Å². The fraction of sp³-hybridized carbons (Fsp3) is 0.333. The average molecular weight is 306 g/mol. The molecule has 1 atom stereocenters. The van der Waals surface area contributed by atoms with Gasteiger partial charge in [0.2, 0.25) is 0 Å². The van der Waals surface area contributed by atoms with Crippen molar-refractivity contribution >= 4 is 17.6 Å². The molecular weight excluding hydrogens is 288 g/mol. The summed E-state index contributed by atoms with van der Waals surface area (Å²) in [6.07, 6.45) is 0.373. The molecule has 22 heavy (non-hydrogen) atoms. The molecule has 1 aromatic rings. The van der Waals surface area contributed by atoms with Crippen molar-refractivity contribution in [3.8, 4) is 11.5 Å². The maximum atomic E-state index is 12.6. The number of Topliss-reactive ketones (excluding diaryl/α,β-unsaturated/α-hetero) is 1. The van der Waals surface area contributed by atoms with Crippen LogP contribution in [0.2, 0.25) is 0 Å². The summed E-state index contributed by atoms with van der Waals surface area (Å²) in [6.45, 7) is 1.66. The predicted octanol–water partition coefficient (Wildman–Crippen LogP) is 1.88. The van der Waals surface area contributed by atoms with Gasteiger partial charge in [0.15, 0.2) is 17.3 Å². The van der Waals surface area contributed by atoms with Gasteiger partial charge in [-0.3, -0.25) is 9.69 Å². The minimum absolute atomic E-state index is 0.240. The van der Waals surface area contributed by atoms with E-state index < -0.39 is 12.1 Å². The van der Waals surface area contributed by atoms with E-state index in [2.05, 4.69) is 5.32 Å². The van der Waals surface area contributed by atoms with Crippen LogP contribution in [-0.4, -0.2) is 44.3 Å². The minimum atomic E-state index is -1.14. The Balaban J connectivity index is 2.73. The molecular formula is C15H18N2O5. The summed E-state index contributed by atoms with van der Waals surface area (Å²) in [7, 11) is 4.57. The summed E-state index contributed by atoms with van der Waals surface area (Å²) in [6, 6.07) is 2.40. The Morgan fingerprint density at radius 2 is 1.91 bits per heavy atom. The minimum Gasteiger partial charge on any atom is -0.493 e. The van der Waals surface area contributed by atoms with Gasteiger partial charge >= 0.3 is 6.09 Å². The van der Waals surface area contributed by atoms with Gasteiger partial charge in [0, 0.05) is 24.9 Å². The predicted molar refractivity (Wildman–Crippen MR) is 81.0 cm³/mol. The van der Waals surface area contributed by atoms with E-state index in [9.17, 15) is 14.7 Å². The number of ether oxygens (including phenoxy) is 2. The maximum Gasteiger partial charge on any atom is 0.412 e. The lowest BCUT2D eigenvalue weighted by atomic mass is 9.90. The SMILES string of the molecule is CNC=C1C(=O)c2cc(OC)c(OC)cc2N(C(=O)O)C1C. The Labute approximate surface area is 128 Å². The van der Waals surface area contributed by atoms with Crippen molar-refractivity contribution in [2.24, 2.45) is 0 Å². The third-order valence-electron chi connectivity index (χ3n) is 3.61. The number of methoxy groups -OCH3 is 2. The highest BCUT2D eigenvalue weighted by atomic mass is 16.5. The summed E-state index contributed by atoms with van der Waals surface area (Å²) >= 11 is 0. The smallest absolute Gasteiger partial charge is 0.412 e. The highest BCUT2D eigenvalue weighted by molar-refractivity contribution is 6.18. The molecule has 2 N–H and O–H groups in total. The van der Waals surface area contributed by atoms with Crippen LogP contribution in [0, 0.1) is 0 Å². The van der Waals surface area contributed by atoms with Crippen LogP contribution in [0.15, 0.2) is 23.9 Å². The first-order valence-electron chi connectivity index (χ1n) is 6.66. The first-order chi connectivity index (χ1) is 10.5. The van der Waals surface area contributed by atoms with E-state index in [1.54, 1.807) is 14.0 Å². The second-order valence-corrected chi connectivity index (χ2v) is 4.77. The number of carbonyl (C=O) groups excluding carboxylic acids is 1. The number of carbonyl (C=O) groups is 2. The third-order valence-corrected chi connectivity index (χ3v) is 3.61. The molecule has 0 bridgehead atoms. The molecule has 0 saturated heterocycles. The molecule has 7 heteroatoms. The van der Waals surface area contributed by atoms with Gasteiger partial charge in [-0.2, -0.15) is 0 Å². The molecule has 0 spiro atoms. The summed E-state index contributed by atoms with van der Waals surface area (Å²) < 4.78 is 10.4. The van der Waals surface area contributed by atoms with E-state index in [-0.39, 0.29) is 17.0 Å². The van der Waals surface area contributed by atoms with Crippen molar-refractivity contribution in [3.05, 3.63) is 29.5 Å². The fourth-order valence-electron chi connectivity index (χ4n) is 2.55. The van der Waals surface area contributed by atoms with Crippen molar-refractivity contribution < 1.29 is 24.2 Å². The second-order valence-electron chi connectivity index (χ2n) is 4.77. The fourth-order valence-corrected chi connectivity index (χ4v) is 2.55. The van der Waals surface area contributed by atoms with Crippen LogP contribution in [0.5, 0.6) is 11.5 Å². The molecule has 1 unspecified atom stereocenters. The van der Waals surface area contributed by atoms with Gasteiger partial charge in [-0.05, 0) is 13.0 Å². The van der Waals surface area contributed by atoms with Crippen LogP contribution in [-0.2, 0) is 0 Å². The summed E-state index contributed by atoms with van der Waals surface area (Å²) in [5.74, 6) is 0.502. The molecule has 0 saturated carbocycles. The van der Waals surface area contributed by atoms with Crippen LogP contribution in [0.1, 0.15) is 17.3 Å². The number of benzene rings is 1. The highest BCUT2D eigenvalue weighted by Gasteiger charge is 2.37. The van der Waals surface area contributed by atoms with Gasteiger partial charge < -0.3 is 19.9 Å². The monoisotopic (exact) mass is 306 g/mol. The number of nitrogens with zero attached hydrogens (tertiary/aromatic N) is 1. The number of hydrogen-bond donors (Lipinski definition) is 2. The number of carboxylic acid groups (broad SMARTS) is 1. The number of anilines is 1. The standard InChI is InChI=1S/C15H18N2O5/c1-8-10(7-16-2)14(18)9-5-12(21-3)13(22-4)6-11(9)17(8)15(19)20/h5-8,16H,1-4H3,(H,19,20). The van der Waals surface area contributed by atoms with Crippen LogP contribution in [0.4, 0.5) is 10.5 Å². The number of ketones is 1. The second kappa shape index (κ2) is 5.97. The molecule has 2 rings (SSSR count). The molecule has 1 amide bonds. The molecule has 0 aromatic heterocycles. The van der Waals surface area contributed by atoms with Gasteiger partial charge in [-0.25, -0.2) is 4.79 Å². The molecule has 1 aliphatic heterocycles. The van der Waals surface area contributed by atoms with Crippen LogP contribution in [0.25, 0.3) is 0 Å². The summed E-state index contributed by atoms with van der Waals surface area (Å²) in [5, 5.41) is 12.3. The topological polar surface area (TPSA) is 88.1 Å². The van der Waals surface area contributed by atoms with Crippen LogP contribution in [0.3, 0.4) is 0 Å². The first-order valence-corrected chi connectivity index (χ1v) is 6.66. The number of hydrogen-bond acceptors (Lipinski definition) is 5. The van der Waals surface area contributed by atoms with Crippen LogP contribution >= 0.6 is 0 Å². The van der Waals surface area contributed by atoms with Gasteiger partial charge in [-0.15, -0.1) is 0 Å². The number of fused-ring (bicyclic) bond motifs is 1. The molecule has 0 fully saturated rings. The molecule has 1 aliphatic rings.